The molecule has 27 heavy (non-hydrogen) atoms. The first-order valence-corrected chi connectivity index (χ1v) is 9.58. The number of carbonyl (C=O) groups is 1. The minimum Gasteiger partial charge on any atom is -0.456 e. The predicted octanol–water partition coefficient (Wildman–Crippen LogP) is 4.66. The molecule has 0 fully saturated rings. The van der Waals surface area contributed by atoms with Crippen molar-refractivity contribution >= 4 is 23.1 Å². The monoisotopic (exact) mass is 387 g/mol. The van der Waals surface area contributed by atoms with Crippen molar-refractivity contribution < 1.29 is 14.3 Å². The second kappa shape index (κ2) is 7.15. The number of hydrogen-bond acceptors (Lipinski definition) is 6. The van der Waals surface area contributed by atoms with Crippen LogP contribution in [0.15, 0.2) is 47.3 Å². The molecule has 1 aliphatic rings. The molecule has 7 heteroatoms. The van der Waals surface area contributed by atoms with Gasteiger partial charge < -0.3 is 20.5 Å². The number of nitrogens with two attached hydrogens (primary N) is 1. The number of nitrogens with one attached hydrogen (secondary N) is 1. The number of amides is 1. The zero-order valence-corrected chi connectivity index (χ0v) is 17.0. The van der Waals surface area contributed by atoms with Gasteiger partial charge in [-0.3, -0.25) is 4.90 Å². The summed E-state index contributed by atoms with van der Waals surface area (Å²) >= 11 is 1.59. The largest absolute Gasteiger partial charge is 0.456 e. The summed E-state index contributed by atoms with van der Waals surface area (Å²) in [5.74, 6) is 1.82. The standard InChI is InChI=1S/C20H25N3O3S/c1-12-18(21)22-14-11-13(8-9-15(14)25-12)17(16-7-6-10-27-16)23(5)19(24)26-20(2,3)4/h6-11,17,22H,21H2,1-5H3. The lowest BCUT2D eigenvalue weighted by Gasteiger charge is -2.31. The highest BCUT2D eigenvalue weighted by Crippen LogP contribution is 2.38. The molecule has 0 bridgehead atoms. The Morgan fingerprint density at radius 3 is 2.70 bits per heavy atom. The number of carbonyl (C=O) groups excluding carboxylic acids is 1. The number of rotatable bonds is 3. The van der Waals surface area contributed by atoms with E-state index in [0.29, 0.717) is 17.3 Å². The minimum atomic E-state index is -0.562. The molecule has 3 rings (SSSR count). The maximum absolute atomic E-state index is 12.7. The third kappa shape index (κ3) is 4.19. The second-order valence-corrected chi connectivity index (χ2v) is 8.44. The molecule has 1 unspecified atom stereocenters. The predicted molar refractivity (Wildman–Crippen MR) is 108 cm³/mol. The summed E-state index contributed by atoms with van der Waals surface area (Å²) in [6.07, 6.45) is -0.377. The zero-order valence-electron chi connectivity index (χ0n) is 16.2. The Balaban J connectivity index is 1.96. The molecule has 0 aliphatic carbocycles. The van der Waals surface area contributed by atoms with Crippen LogP contribution in [0.2, 0.25) is 0 Å². The van der Waals surface area contributed by atoms with E-state index < -0.39 is 5.60 Å². The third-order valence-corrected chi connectivity index (χ3v) is 5.04. The van der Waals surface area contributed by atoms with Crippen LogP contribution in [-0.4, -0.2) is 23.6 Å². The molecule has 1 aromatic carbocycles. The van der Waals surface area contributed by atoms with E-state index in [2.05, 4.69) is 5.32 Å². The van der Waals surface area contributed by atoms with Crippen LogP contribution in [-0.2, 0) is 4.74 Å². The van der Waals surface area contributed by atoms with Crippen molar-refractivity contribution in [2.45, 2.75) is 39.3 Å². The molecule has 144 valence electrons. The first kappa shape index (κ1) is 19.1. The van der Waals surface area contributed by atoms with E-state index >= 15 is 0 Å². The fourth-order valence-corrected chi connectivity index (χ4v) is 3.72. The Morgan fingerprint density at radius 2 is 2.07 bits per heavy atom. The van der Waals surface area contributed by atoms with Crippen LogP contribution in [0.25, 0.3) is 0 Å². The van der Waals surface area contributed by atoms with Crippen molar-refractivity contribution in [1.29, 1.82) is 0 Å². The van der Waals surface area contributed by atoms with E-state index in [1.165, 1.54) is 0 Å². The number of benzene rings is 1. The molecule has 3 N–H and O–H groups in total. The number of thiophene rings is 1. The van der Waals surface area contributed by atoms with Crippen LogP contribution in [0.1, 0.15) is 44.2 Å². The van der Waals surface area contributed by atoms with Crippen LogP contribution < -0.4 is 15.8 Å². The molecule has 0 radical (unpaired) electrons. The van der Waals surface area contributed by atoms with Crippen molar-refractivity contribution in [2.24, 2.45) is 5.73 Å². The molecule has 2 heterocycles. The topological polar surface area (TPSA) is 76.8 Å². The Bertz CT molecular complexity index is 869. The van der Waals surface area contributed by atoms with E-state index in [1.54, 1.807) is 23.3 Å². The summed E-state index contributed by atoms with van der Waals surface area (Å²) in [6, 6.07) is 9.51. The molecule has 1 atom stereocenters. The number of nitrogens with zero attached hydrogens (tertiary/aromatic N) is 1. The van der Waals surface area contributed by atoms with Crippen LogP contribution in [0.5, 0.6) is 5.75 Å². The highest BCUT2D eigenvalue weighted by molar-refractivity contribution is 7.10. The third-order valence-electron chi connectivity index (χ3n) is 4.11. The van der Waals surface area contributed by atoms with E-state index in [0.717, 1.165) is 16.1 Å². The van der Waals surface area contributed by atoms with Crippen molar-refractivity contribution in [1.82, 2.24) is 4.90 Å². The number of allylic oxidation sites excluding steroid dienone is 1. The molecule has 0 saturated carbocycles. The number of anilines is 1. The first-order chi connectivity index (χ1) is 12.7. The average Bonchev–Trinajstić information content (AvgIpc) is 3.08. The smallest absolute Gasteiger partial charge is 0.410 e. The van der Waals surface area contributed by atoms with Gasteiger partial charge in [-0.25, -0.2) is 4.79 Å². The van der Waals surface area contributed by atoms with Crippen molar-refractivity contribution in [3.05, 3.63) is 57.7 Å². The molecule has 2 aromatic rings. The molecule has 0 saturated heterocycles. The molecular weight excluding hydrogens is 362 g/mol. The molecule has 0 spiro atoms. The summed E-state index contributed by atoms with van der Waals surface area (Å²) in [5, 5.41) is 5.15. The number of hydrogen-bond donors (Lipinski definition) is 2. The van der Waals surface area contributed by atoms with Crippen molar-refractivity contribution in [3.63, 3.8) is 0 Å². The fourth-order valence-electron chi connectivity index (χ4n) is 2.82. The lowest BCUT2D eigenvalue weighted by atomic mass is 10.0. The lowest BCUT2D eigenvalue weighted by Crippen LogP contribution is -2.37. The van der Waals surface area contributed by atoms with Gasteiger partial charge in [-0.05, 0) is 56.8 Å². The summed E-state index contributed by atoms with van der Waals surface area (Å²) in [4.78, 5) is 15.4. The Kier molecular flexibility index (Phi) is 5.06. The Labute approximate surface area is 163 Å². The first-order valence-electron chi connectivity index (χ1n) is 8.70. The van der Waals surface area contributed by atoms with Gasteiger partial charge in [-0.15, -0.1) is 11.3 Å². The van der Waals surface area contributed by atoms with Gasteiger partial charge in [0.15, 0.2) is 5.75 Å². The van der Waals surface area contributed by atoms with Gasteiger partial charge in [-0.1, -0.05) is 12.1 Å². The van der Waals surface area contributed by atoms with Crippen molar-refractivity contribution in [2.75, 3.05) is 12.4 Å². The van der Waals surface area contributed by atoms with Gasteiger partial charge in [-0.2, -0.15) is 0 Å². The molecule has 1 aromatic heterocycles. The number of fused-ring (bicyclic) bond motifs is 1. The maximum atomic E-state index is 12.7. The molecular formula is C20H25N3O3S. The van der Waals surface area contributed by atoms with Gasteiger partial charge in [0, 0.05) is 11.9 Å². The Hall–Kier alpha value is -2.67. The van der Waals surface area contributed by atoms with Crippen LogP contribution in [0.3, 0.4) is 0 Å². The molecule has 1 aliphatic heterocycles. The van der Waals surface area contributed by atoms with E-state index in [-0.39, 0.29) is 12.1 Å². The summed E-state index contributed by atoms with van der Waals surface area (Å²) in [5.41, 5.74) is 7.10. The average molecular weight is 388 g/mol. The quantitative estimate of drug-likeness (QED) is 0.801. The Morgan fingerprint density at radius 1 is 1.33 bits per heavy atom. The van der Waals surface area contributed by atoms with E-state index in [1.807, 2.05) is 63.4 Å². The zero-order chi connectivity index (χ0) is 19.8. The van der Waals surface area contributed by atoms with Gasteiger partial charge in [0.2, 0.25) is 0 Å². The molecule has 1 amide bonds. The van der Waals surface area contributed by atoms with Gasteiger partial charge in [0.1, 0.15) is 17.2 Å². The SMILES string of the molecule is CC1=C(N)Nc2cc(C(c3cccs3)N(C)C(=O)OC(C)(C)C)ccc2O1. The normalized spacial score (nSPS) is 14.7. The van der Waals surface area contributed by atoms with Gasteiger partial charge >= 0.3 is 6.09 Å². The van der Waals surface area contributed by atoms with Crippen LogP contribution in [0, 0.1) is 0 Å². The van der Waals surface area contributed by atoms with Crippen molar-refractivity contribution in [3.8, 4) is 5.75 Å². The minimum absolute atomic E-state index is 0.278. The lowest BCUT2D eigenvalue weighted by molar-refractivity contribution is 0.0251. The van der Waals surface area contributed by atoms with Crippen LogP contribution in [0.4, 0.5) is 10.5 Å². The number of ether oxygens (including phenoxy) is 2. The van der Waals surface area contributed by atoms with E-state index in [4.69, 9.17) is 15.2 Å². The highest BCUT2D eigenvalue weighted by Gasteiger charge is 2.29. The maximum Gasteiger partial charge on any atom is 0.410 e. The summed E-state index contributed by atoms with van der Waals surface area (Å²) in [7, 11) is 1.75. The van der Waals surface area contributed by atoms with Crippen LogP contribution >= 0.6 is 11.3 Å². The summed E-state index contributed by atoms with van der Waals surface area (Å²) < 4.78 is 11.3. The van der Waals surface area contributed by atoms with Gasteiger partial charge in [0.25, 0.3) is 0 Å². The molecule has 6 nitrogen and oxygen atoms in total. The van der Waals surface area contributed by atoms with Gasteiger partial charge in [0.05, 0.1) is 11.7 Å². The highest BCUT2D eigenvalue weighted by atomic mass is 32.1. The van der Waals surface area contributed by atoms with E-state index in [9.17, 15) is 4.79 Å². The second-order valence-electron chi connectivity index (χ2n) is 7.46. The summed E-state index contributed by atoms with van der Waals surface area (Å²) in [6.45, 7) is 7.38. The fraction of sp³-hybridized carbons (Fsp3) is 0.350.